The molecule has 21 heavy (non-hydrogen) atoms. The molecule has 3 nitrogen and oxygen atoms in total. The van der Waals surface area contributed by atoms with Crippen LogP contribution in [0.15, 0.2) is 54.6 Å². The van der Waals surface area contributed by atoms with Gasteiger partial charge in [0.1, 0.15) is 0 Å². The van der Waals surface area contributed by atoms with E-state index in [1.807, 2.05) is 63.5 Å². The second kappa shape index (κ2) is 7.04. The fraction of sp³-hybridized carbons (Fsp3) is 0.278. The molecule has 0 aliphatic rings. The number of rotatable bonds is 5. The molecule has 0 aliphatic carbocycles. The van der Waals surface area contributed by atoms with Gasteiger partial charge in [0.05, 0.1) is 6.04 Å². The Balaban J connectivity index is 2.04. The lowest BCUT2D eigenvalue weighted by Gasteiger charge is -2.25. The lowest BCUT2D eigenvalue weighted by molar-refractivity contribution is 0.0942. The average Bonchev–Trinajstić information content (AvgIpc) is 2.48. The topological polar surface area (TPSA) is 32.3 Å². The quantitative estimate of drug-likeness (QED) is 0.914. The van der Waals surface area contributed by atoms with Crippen molar-refractivity contribution >= 4 is 5.91 Å². The molecule has 0 radical (unpaired) electrons. The maximum absolute atomic E-state index is 12.2. The van der Waals surface area contributed by atoms with Crippen molar-refractivity contribution in [2.45, 2.75) is 13.0 Å². The van der Waals surface area contributed by atoms with E-state index in [-0.39, 0.29) is 11.9 Å². The summed E-state index contributed by atoms with van der Waals surface area (Å²) in [7, 11) is 4.05. The molecule has 1 amide bonds. The van der Waals surface area contributed by atoms with Crippen molar-refractivity contribution in [3.8, 4) is 0 Å². The van der Waals surface area contributed by atoms with Gasteiger partial charge in [0.2, 0.25) is 0 Å². The molecule has 0 aromatic heterocycles. The molecule has 1 atom stereocenters. The summed E-state index contributed by atoms with van der Waals surface area (Å²) in [4.78, 5) is 14.3. The Bertz CT molecular complexity index is 593. The SMILES string of the molecule is Cc1cccc(C(=O)NCC(c2ccccc2)N(C)C)c1. The monoisotopic (exact) mass is 282 g/mol. The Morgan fingerprint density at radius 2 is 1.81 bits per heavy atom. The Hall–Kier alpha value is -2.13. The van der Waals surface area contributed by atoms with Gasteiger partial charge in [-0.2, -0.15) is 0 Å². The molecule has 0 saturated heterocycles. The van der Waals surface area contributed by atoms with Crippen LogP contribution in [0.2, 0.25) is 0 Å². The molecular weight excluding hydrogens is 260 g/mol. The van der Waals surface area contributed by atoms with Crippen LogP contribution >= 0.6 is 0 Å². The minimum atomic E-state index is -0.0264. The van der Waals surface area contributed by atoms with Gasteiger partial charge in [-0.25, -0.2) is 0 Å². The third-order valence-electron chi connectivity index (χ3n) is 3.54. The number of hydrogen-bond donors (Lipinski definition) is 1. The van der Waals surface area contributed by atoms with Gasteiger partial charge >= 0.3 is 0 Å². The van der Waals surface area contributed by atoms with Gasteiger partial charge in [0, 0.05) is 12.1 Å². The van der Waals surface area contributed by atoms with Crippen LogP contribution in [0.25, 0.3) is 0 Å². The van der Waals surface area contributed by atoms with Gasteiger partial charge in [-0.15, -0.1) is 0 Å². The summed E-state index contributed by atoms with van der Waals surface area (Å²) in [6.07, 6.45) is 0. The van der Waals surface area contributed by atoms with E-state index in [1.54, 1.807) is 0 Å². The van der Waals surface area contributed by atoms with Crippen LogP contribution in [0.3, 0.4) is 0 Å². The summed E-state index contributed by atoms with van der Waals surface area (Å²) in [5, 5.41) is 3.03. The highest BCUT2D eigenvalue weighted by Crippen LogP contribution is 2.17. The first-order valence-corrected chi connectivity index (χ1v) is 7.14. The second-order valence-electron chi connectivity index (χ2n) is 5.47. The molecule has 1 N–H and O–H groups in total. The van der Waals surface area contributed by atoms with E-state index in [1.165, 1.54) is 5.56 Å². The summed E-state index contributed by atoms with van der Waals surface area (Å²) in [6.45, 7) is 2.58. The molecule has 2 aromatic carbocycles. The number of carbonyl (C=O) groups is 1. The molecule has 0 heterocycles. The minimum Gasteiger partial charge on any atom is -0.350 e. The van der Waals surface area contributed by atoms with E-state index in [2.05, 4.69) is 22.3 Å². The van der Waals surface area contributed by atoms with E-state index in [4.69, 9.17) is 0 Å². The van der Waals surface area contributed by atoms with Gasteiger partial charge in [-0.05, 0) is 38.7 Å². The van der Waals surface area contributed by atoms with Crippen LogP contribution < -0.4 is 5.32 Å². The highest BCUT2D eigenvalue weighted by molar-refractivity contribution is 5.94. The molecule has 1 unspecified atom stereocenters. The van der Waals surface area contributed by atoms with Gasteiger partial charge in [0.25, 0.3) is 5.91 Å². The molecule has 2 aromatic rings. The largest absolute Gasteiger partial charge is 0.350 e. The summed E-state index contributed by atoms with van der Waals surface area (Å²) >= 11 is 0. The van der Waals surface area contributed by atoms with E-state index >= 15 is 0 Å². The van der Waals surface area contributed by atoms with E-state index in [0.29, 0.717) is 12.1 Å². The van der Waals surface area contributed by atoms with Crippen molar-refractivity contribution in [2.24, 2.45) is 0 Å². The normalized spacial score (nSPS) is 12.2. The van der Waals surface area contributed by atoms with Crippen molar-refractivity contribution in [3.63, 3.8) is 0 Å². The lowest BCUT2D eigenvalue weighted by atomic mass is 10.1. The number of aryl methyl sites for hydroxylation is 1. The zero-order valence-electron chi connectivity index (χ0n) is 12.8. The molecule has 2 rings (SSSR count). The smallest absolute Gasteiger partial charge is 0.251 e. The predicted octanol–water partition coefficient (Wildman–Crippen LogP) is 3.03. The lowest BCUT2D eigenvalue weighted by Crippen LogP contribution is -2.34. The Morgan fingerprint density at radius 3 is 2.43 bits per heavy atom. The highest BCUT2D eigenvalue weighted by Gasteiger charge is 2.15. The van der Waals surface area contributed by atoms with Gasteiger partial charge in [-0.1, -0.05) is 48.0 Å². The number of carbonyl (C=O) groups excluding carboxylic acids is 1. The summed E-state index contributed by atoms with van der Waals surface area (Å²) in [6, 6.07) is 18.0. The Labute approximate surface area is 126 Å². The summed E-state index contributed by atoms with van der Waals surface area (Å²) < 4.78 is 0. The first-order valence-electron chi connectivity index (χ1n) is 7.14. The van der Waals surface area contributed by atoms with Crippen molar-refractivity contribution in [3.05, 3.63) is 71.3 Å². The van der Waals surface area contributed by atoms with Crippen molar-refractivity contribution < 1.29 is 4.79 Å². The predicted molar refractivity (Wildman–Crippen MR) is 86.4 cm³/mol. The third-order valence-corrected chi connectivity index (χ3v) is 3.54. The maximum atomic E-state index is 12.2. The molecular formula is C18H22N2O. The average molecular weight is 282 g/mol. The van der Waals surface area contributed by atoms with Crippen molar-refractivity contribution in [1.82, 2.24) is 10.2 Å². The van der Waals surface area contributed by atoms with Crippen molar-refractivity contribution in [2.75, 3.05) is 20.6 Å². The second-order valence-corrected chi connectivity index (χ2v) is 5.47. The molecule has 3 heteroatoms. The van der Waals surface area contributed by atoms with Crippen LogP contribution in [0.5, 0.6) is 0 Å². The molecule has 0 saturated carbocycles. The van der Waals surface area contributed by atoms with Gasteiger partial charge in [-0.3, -0.25) is 4.79 Å². The fourth-order valence-corrected chi connectivity index (χ4v) is 2.35. The first-order chi connectivity index (χ1) is 10.1. The van der Waals surface area contributed by atoms with E-state index in [0.717, 1.165) is 5.56 Å². The number of amides is 1. The zero-order valence-corrected chi connectivity index (χ0v) is 12.8. The number of benzene rings is 2. The highest BCUT2D eigenvalue weighted by atomic mass is 16.1. The number of likely N-dealkylation sites (N-methyl/N-ethyl adjacent to an activating group) is 1. The van der Waals surface area contributed by atoms with Gasteiger partial charge in [0.15, 0.2) is 0 Å². The van der Waals surface area contributed by atoms with Crippen LogP contribution in [0, 0.1) is 6.92 Å². The standard InChI is InChI=1S/C18H22N2O/c1-14-8-7-11-16(12-14)18(21)19-13-17(20(2)3)15-9-5-4-6-10-15/h4-12,17H,13H2,1-3H3,(H,19,21). The van der Waals surface area contributed by atoms with Crippen LogP contribution in [0.4, 0.5) is 0 Å². The number of nitrogens with one attached hydrogen (secondary N) is 1. The first kappa shape index (κ1) is 15.3. The molecule has 110 valence electrons. The minimum absolute atomic E-state index is 0.0264. The van der Waals surface area contributed by atoms with E-state index < -0.39 is 0 Å². The Kier molecular flexibility index (Phi) is 5.12. The van der Waals surface area contributed by atoms with Gasteiger partial charge < -0.3 is 10.2 Å². The fourth-order valence-electron chi connectivity index (χ4n) is 2.35. The van der Waals surface area contributed by atoms with Crippen molar-refractivity contribution in [1.29, 1.82) is 0 Å². The van der Waals surface area contributed by atoms with Crippen LogP contribution in [-0.2, 0) is 0 Å². The molecule has 0 bridgehead atoms. The summed E-state index contributed by atoms with van der Waals surface area (Å²) in [5.74, 6) is -0.0264. The summed E-state index contributed by atoms with van der Waals surface area (Å²) in [5.41, 5.74) is 3.00. The molecule has 0 spiro atoms. The Morgan fingerprint density at radius 1 is 1.10 bits per heavy atom. The third kappa shape index (κ3) is 4.17. The van der Waals surface area contributed by atoms with Crippen LogP contribution in [-0.4, -0.2) is 31.4 Å². The van der Waals surface area contributed by atoms with Crippen LogP contribution in [0.1, 0.15) is 27.5 Å². The van der Waals surface area contributed by atoms with E-state index in [9.17, 15) is 4.79 Å². The zero-order chi connectivity index (χ0) is 15.2. The maximum Gasteiger partial charge on any atom is 0.251 e. The molecule has 0 fully saturated rings. The number of hydrogen-bond acceptors (Lipinski definition) is 2. The molecule has 0 aliphatic heterocycles. The number of nitrogens with zero attached hydrogens (tertiary/aromatic N) is 1.